The summed E-state index contributed by atoms with van der Waals surface area (Å²) in [4.78, 5) is 12.5. The van der Waals surface area contributed by atoms with Gasteiger partial charge in [-0.05, 0) is 42.5 Å². The molecule has 3 rings (SSSR count). The molecule has 112 valence electrons. The van der Waals surface area contributed by atoms with Crippen LogP contribution in [-0.4, -0.2) is 17.6 Å². The van der Waals surface area contributed by atoms with Gasteiger partial charge in [0.15, 0.2) is 0 Å². The number of anilines is 1. The lowest BCUT2D eigenvalue weighted by Gasteiger charge is -2.07. The second kappa shape index (κ2) is 5.73. The van der Waals surface area contributed by atoms with E-state index in [9.17, 15) is 4.79 Å². The monoisotopic (exact) mass is 314 g/mol. The number of fused-ring (bicyclic) bond motifs is 1. The molecule has 0 unspecified atom stereocenters. The van der Waals surface area contributed by atoms with Gasteiger partial charge in [-0.1, -0.05) is 17.7 Å². The molecule has 4 nitrogen and oxygen atoms in total. The van der Waals surface area contributed by atoms with Crippen molar-refractivity contribution < 1.29 is 9.53 Å². The van der Waals surface area contributed by atoms with Crippen LogP contribution in [0.2, 0.25) is 5.02 Å². The Balaban J connectivity index is 1.91. The third-order valence-electron chi connectivity index (χ3n) is 3.61. The van der Waals surface area contributed by atoms with Gasteiger partial charge in [-0.25, -0.2) is 0 Å². The third kappa shape index (κ3) is 2.53. The van der Waals surface area contributed by atoms with Crippen LogP contribution in [0.3, 0.4) is 0 Å². The number of ether oxygens (including phenoxy) is 1. The van der Waals surface area contributed by atoms with E-state index in [-0.39, 0.29) is 5.91 Å². The van der Waals surface area contributed by atoms with Crippen LogP contribution < -0.4 is 10.1 Å². The fraction of sp³-hybridized carbons (Fsp3) is 0.118. The van der Waals surface area contributed by atoms with Gasteiger partial charge < -0.3 is 14.6 Å². The summed E-state index contributed by atoms with van der Waals surface area (Å²) in [6, 6.07) is 14.6. The highest BCUT2D eigenvalue weighted by Gasteiger charge is 2.14. The van der Waals surface area contributed by atoms with E-state index in [1.807, 2.05) is 29.8 Å². The summed E-state index contributed by atoms with van der Waals surface area (Å²) < 4.78 is 6.93. The number of nitrogens with zero attached hydrogens (tertiary/aromatic N) is 1. The Morgan fingerprint density at radius 2 is 1.91 bits per heavy atom. The predicted octanol–water partition coefficient (Wildman–Crippen LogP) is 4.09. The number of hydrogen-bond donors (Lipinski definition) is 1. The molecule has 0 radical (unpaired) electrons. The molecule has 1 N–H and O–H groups in total. The average Bonchev–Trinajstić information content (AvgIpc) is 2.87. The Hall–Kier alpha value is -2.46. The zero-order valence-electron chi connectivity index (χ0n) is 12.3. The molecule has 22 heavy (non-hydrogen) atoms. The second-order valence-corrected chi connectivity index (χ2v) is 5.35. The Morgan fingerprint density at radius 3 is 2.55 bits per heavy atom. The Bertz CT molecular complexity index is 838. The molecule has 1 heterocycles. The number of aryl methyl sites for hydroxylation is 1. The van der Waals surface area contributed by atoms with Gasteiger partial charge in [0.1, 0.15) is 11.4 Å². The Kier molecular flexibility index (Phi) is 3.77. The van der Waals surface area contributed by atoms with E-state index in [0.29, 0.717) is 16.4 Å². The molecule has 2 aromatic carbocycles. The summed E-state index contributed by atoms with van der Waals surface area (Å²) in [6.07, 6.45) is 0. The minimum atomic E-state index is -0.181. The van der Waals surface area contributed by atoms with Crippen molar-refractivity contribution in [3.63, 3.8) is 0 Å². The molecular formula is C17H15ClN2O2. The average molecular weight is 315 g/mol. The van der Waals surface area contributed by atoms with Gasteiger partial charge in [-0.15, -0.1) is 0 Å². The Labute approximate surface area is 133 Å². The quantitative estimate of drug-likeness (QED) is 0.791. The molecule has 0 fully saturated rings. The number of carbonyl (C=O) groups is 1. The normalized spacial score (nSPS) is 10.7. The fourth-order valence-corrected chi connectivity index (χ4v) is 2.64. The van der Waals surface area contributed by atoms with Crippen LogP contribution in [0.5, 0.6) is 5.75 Å². The topological polar surface area (TPSA) is 43.3 Å². The first-order chi connectivity index (χ1) is 10.6. The van der Waals surface area contributed by atoms with E-state index in [1.54, 1.807) is 37.4 Å². The molecule has 0 aliphatic rings. The number of hydrogen-bond acceptors (Lipinski definition) is 2. The lowest BCUT2D eigenvalue weighted by Crippen LogP contribution is -2.15. The number of carbonyl (C=O) groups excluding carboxylic acids is 1. The standard InChI is InChI=1S/C17H15ClN2O2/c1-20-15-5-3-4-14(18)13(15)10-16(20)17(21)19-11-6-8-12(22-2)9-7-11/h3-10H,1-2H3,(H,19,21). The largest absolute Gasteiger partial charge is 0.497 e. The van der Waals surface area contributed by atoms with Gasteiger partial charge in [0.25, 0.3) is 5.91 Å². The van der Waals surface area contributed by atoms with Crippen molar-refractivity contribution >= 4 is 34.1 Å². The predicted molar refractivity (Wildman–Crippen MR) is 88.9 cm³/mol. The van der Waals surface area contributed by atoms with Crippen molar-refractivity contribution in [2.75, 3.05) is 12.4 Å². The van der Waals surface area contributed by atoms with Crippen molar-refractivity contribution in [3.05, 3.63) is 59.2 Å². The van der Waals surface area contributed by atoms with Gasteiger partial charge in [0, 0.05) is 28.7 Å². The molecular weight excluding hydrogens is 300 g/mol. The van der Waals surface area contributed by atoms with E-state index in [1.165, 1.54) is 0 Å². The number of benzene rings is 2. The molecule has 5 heteroatoms. The molecule has 0 aliphatic carbocycles. The SMILES string of the molecule is COc1ccc(NC(=O)c2cc3c(Cl)cccc3n2C)cc1. The van der Waals surface area contributed by atoms with Crippen LogP contribution in [0.4, 0.5) is 5.69 Å². The third-order valence-corrected chi connectivity index (χ3v) is 3.94. The van der Waals surface area contributed by atoms with Crippen LogP contribution in [0.15, 0.2) is 48.5 Å². The van der Waals surface area contributed by atoms with Crippen molar-refractivity contribution in [2.24, 2.45) is 7.05 Å². The number of amides is 1. The molecule has 0 saturated carbocycles. The summed E-state index contributed by atoms with van der Waals surface area (Å²) in [5, 5.41) is 4.38. The van der Waals surface area contributed by atoms with Crippen LogP contribution in [0.1, 0.15) is 10.5 Å². The molecule has 1 aromatic heterocycles. The summed E-state index contributed by atoms with van der Waals surface area (Å²) >= 11 is 6.18. The number of methoxy groups -OCH3 is 1. The number of rotatable bonds is 3. The number of aromatic nitrogens is 1. The van der Waals surface area contributed by atoms with Crippen molar-refractivity contribution in [2.45, 2.75) is 0 Å². The molecule has 1 amide bonds. The van der Waals surface area contributed by atoms with E-state index >= 15 is 0 Å². The highest BCUT2D eigenvalue weighted by molar-refractivity contribution is 6.35. The van der Waals surface area contributed by atoms with Crippen molar-refractivity contribution in [1.82, 2.24) is 4.57 Å². The molecule has 0 aliphatic heterocycles. The Morgan fingerprint density at radius 1 is 1.18 bits per heavy atom. The van der Waals surface area contributed by atoms with E-state index < -0.39 is 0 Å². The summed E-state index contributed by atoms with van der Waals surface area (Å²) in [6.45, 7) is 0. The smallest absolute Gasteiger partial charge is 0.272 e. The molecule has 0 bridgehead atoms. The zero-order chi connectivity index (χ0) is 15.7. The van der Waals surface area contributed by atoms with Gasteiger partial charge >= 0.3 is 0 Å². The molecule has 0 saturated heterocycles. The summed E-state index contributed by atoms with van der Waals surface area (Å²) in [7, 11) is 3.45. The van der Waals surface area contributed by atoms with Crippen LogP contribution >= 0.6 is 11.6 Å². The minimum Gasteiger partial charge on any atom is -0.497 e. The first kappa shape index (κ1) is 14.5. The van der Waals surface area contributed by atoms with Crippen LogP contribution in [-0.2, 0) is 7.05 Å². The van der Waals surface area contributed by atoms with Gasteiger partial charge in [-0.2, -0.15) is 0 Å². The van der Waals surface area contributed by atoms with Crippen molar-refractivity contribution in [1.29, 1.82) is 0 Å². The fourth-order valence-electron chi connectivity index (χ4n) is 2.41. The van der Waals surface area contributed by atoms with E-state index in [2.05, 4.69) is 5.32 Å². The number of halogens is 1. The minimum absolute atomic E-state index is 0.181. The van der Waals surface area contributed by atoms with Crippen molar-refractivity contribution in [3.8, 4) is 5.75 Å². The molecule has 0 spiro atoms. The first-order valence-corrected chi connectivity index (χ1v) is 7.17. The highest BCUT2D eigenvalue weighted by Crippen LogP contribution is 2.26. The lowest BCUT2D eigenvalue weighted by molar-refractivity contribution is 0.101. The highest BCUT2D eigenvalue weighted by atomic mass is 35.5. The van der Waals surface area contributed by atoms with Gasteiger partial charge in [-0.3, -0.25) is 4.79 Å². The molecule has 3 aromatic rings. The zero-order valence-corrected chi connectivity index (χ0v) is 13.0. The van der Waals surface area contributed by atoms with E-state index in [4.69, 9.17) is 16.3 Å². The van der Waals surface area contributed by atoms with Crippen LogP contribution in [0, 0.1) is 0 Å². The maximum Gasteiger partial charge on any atom is 0.272 e. The van der Waals surface area contributed by atoms with E-state index in [0.717, 1.165) is 16.7 Å². The summed E-state index contributed by atoms with van der Waals surface area (Å²) in [5.41, 5.74) is 2.19. The summed E-state index contributed by atoms with van der Waals surface area (Å²) in [5.74, 6) is 0.564. The maximum atomic E-state index is 12.5. The lowest BCUT2D eigenvalue weighted by atomic mass is 10.2. The first-order valence-electron chi connectivity index (χ1n) is 6.79. The molecule has 0 atom stereocenters. The number of nitrogens with one attached hydrogen (secondary N) is 1. The second-order valence-electron chi connectivity index (χ2n) is 4.94. The maximum absolute atomic E-state index is 12.5. The van der Waals surface area contributed by atoms with Gasteiger partial charge in [0.05, 0.1) is 7.11 Å². The van der Waals surface area contributed by atoms with Gasteiger partial charge in [0.2, 0.25) is 0 Å². The van der Waals surface area contributed by atoms with Crippen LogP contribution in [0.25, 0.3) is 10.9 Å².